The molecule has 3 rings (SSSR count). The van der Waals surface area contributed by atoms with Crippen LogP contribution in [-0.2, 0) is 6.54 Å². The quantitative estimate of drug-likeness (QED) is 0.458. The lowest BCUT2D eigenvalue weighted by atomic mass is 10.1. The summed E-state index contributed by atoms with van der Waals surface area (Å²) in [7, 11) is 1.85. The third kappa shape index (κ3) is 4.58. The van der Waals surface area contributed by atoms with Crippen molar-refractivity contribution >= 4 is 29.9 Å². The molecule has 1 aromatic rings. The lowest BCUT2D eigenvalue weighted by Crippen LogP contribution is -2.40. The van der Waals surface area contributed by atoms with Crippen molar-refractivity contribution in [1.29, 1.82) is 0 Å². The van der Waals surface area contributed by atoms with Gasteiger partial charge in [0.2, 0.25) is 0 Å². The fraction of sp³-hybridized carbons (Fsp3) is 0.733. The Morgan fingerprint density at radius 3 is 2.91 bits per heavy atom. The summed E-state index contributed by atoms with van der Waals surface area (Å²) in [4.78, 5) is 9.37. The highest BCUT2D eigenvalue weighted by molar-refractivity contribution is 14.0. The van der Waals surface area contributed by atoms with E-state index < -0.39 is 0 Å². The zero-order chi connectivity index (χ0) is 14.5. The zero-order valence-corrected chi connectivity index (χ0v) is 15.5. The predicted octanol–water partition coefficient (Wildman–Crippen LogP) is 1.79. The molecule has 7 heteroatoms. The third-order valence-electron chi connectivity index (χ3n) is 4.43. The molecule has 22 heavy (non-hydrogen) atoms. The van der Waals surface area contributed by atoms with Crippen molar-refractivity contribution in [3.8, 4) is 0 Å². The van der Waals surface area contributed by atoms with Crippen LogP contribution >= 0.6 is 24.0 Å². The van der Waals surface area contributed by atoms with Gasteiger partial charge in [-0.15, -0.1) is 24.0 Å². The smallest absolute Gasteiger partial charge is 0.193 e. The van der Waals surface area contributed by atoms with Gasteiger partial charge in [0.1, 0.15) is 12.0 Å². The maximum atomic E-state index is 4.85. The Balaban J connectivity index is 0.00000176. The second kappa shape index (κ2) is 8.71. The van der Waals surface area contributed by atoms with Crippen molar-refractivity contribution in [1.82, 2.24) is 20.3 Å². The molecule has 2 fully saturated rings. The zero-order valence-electron chi connectivity index (χ0n) is 13.2. The molecular weight excluding hydrogens is 393 g/mol. The highest BCUT2D eigenvalue weighted by atomic mass is 127. The van der Waals surface area contributed by atoms with Gasteiger partial charge < -0.3 is 19.6 Å². The highest BCUT2D eigenvalue weighted by Gasteiger charge is 2.27. The largest absolute Gasteiger partial charge is 0.364 e. The highest BCUT2D eigenvalue weighted by Crippen LogP contribution is 2.20. The molecule has 2 saturated heterocycles. The molecule has 0 bridgehead atoms. The number of halogens is 1. The number of aliphatic imine (C=N–C) groups is 1. The molecule has 0 spiro atoms. The average molecular weight is 419 g/mol. The average Bonchev–Trinajstić information content (AvgIpc) is 3.22. The van der Waals surface area contributed by atoms with E-state index in [1.807, 2.05) is 13.1 Å². The molecular formula is C15H26IN5O. The van der Waals surface area contributed by atoms with Crippen molar-refractivity contribution in [2.45, 2.75) is 25.8 Å². The first-order chi connectivity index (χ1) is 10.3. The van der Waals surface area contributed by atoms with Crippen molar-refractivity contribution in [2.75, 3.05) is 39.8 Å². The number of hydrogen-bond donors (Lipinski definition) is 1. The van der Waals surface area contributed by atoms with Gasteiger partial charge in [-0.2, -0.15) is 0 Å². The minimum absolute atomic E-state index is 0. The second-order valence-corrected chi connectivity index (χ2v) is 6.00. The number of likely N-dealkylation sites (tertiary alicyclic amines) is 2. The SMILES string of the molecule is CN=C(NCc1ccon1)N1CCC(CN2CCCC2)C1.I. The molecule has 124 valence electrons. The van der Waals surface area contributed by atoms with Crippen LogP contribution in [0.2, 0.25) is 0 Å². The third-order valence-corrected chi connectivity index (χ3v) is 4.43. The Hall–Kier alpha value is -0.830. The summed E-state index contributed by atoms with van der Waals surface area (Å²) < 4.78 is 4.85. The normalized spacial score (nSPS) is 22.9. The van der Waals surface area contributed by atoms with E-state index in [0.29, 0.717) is 6.54 Å². The van der Waals surface area contributed by atoms with E-state index in [0.717, 1.165) is 30.7 Å². The van der Waals surface area contributed by atoms with Crippen LogP contribution in [0.25, 0.3) is 0 Å². The molecule has 0 saturated carbocycles. The molecule has 0 radical (unpaired) electrons. The van der Waals surface area contributed by atoms with E-state index in [1.54, 1.807) is 6.26 Å². The van der Waals surface area contributed by atoms with Gasteiger partial charge in [0.05, 0.1) is 6.54 Å². The maximum Gasteiger partial charge on any atom is 0.193 e. The van der Waals surface area contributed by atoms with E-state index in [2.05, 4.69) is 25.3 Å². The van der Waals surface area contributed by atoms with Gasteiger partial charge in [0.25, 0.3) is 0 Å². The first kappa shape index (κ1) is 17.5. The summed E-state index contributed by atoms with van der Waals surface area (Å²) in [6.07, 6.45) is 5.61. The van der Waals surface area contributed by atoms with Crippen LogP contribution in [-0.4, -0.2) is 60.7 Å². The Morgan fingerprint density at radius 1 is 1.41 bits per heavy atom. The van der Waals surface area contributed by atoms with Crippen molar-refractivity contribution in [3.63, 3.8) is 0 Å². The summed E-state index contributed by atoms with van der Waals surface area (Å²) in [6, 6.07) is 1.88. The molecule has 1 aromatic heterocycles. The van der Waals surface area contributed by atoms with E-state index in [9.17, 15) is 0 Å². The molecule has 2 aliphatic rings. The van der Waals surface area contributed by atoms with Crippen LogP contribution < -0.4 is 5.32 Å². The molecule has 6 nitrogen and oxygen atoms in total. The van der Waals surface area contributed by atoms with Gasteiger partial charge >= 0.3 is 0 Å². The molecule has 3 heterocycles. The fourth-order valence-electron chi connectivity index (χ4n) is 3.34. The van der Waals surface area contributed by atoms with Crippen LogP contribution in [0.3, 0.4) is 0 Å². The first-order valence-electron chi connectivity index (χ1n) is 7.92. The van der Waals surface area contributed by atoms with Crippen molar-refractivity contribution in [2.24, 2.45) is 10.9 Å². The lowest BCUT2D eigenvalue weighted by Gasteiger charge is -2.23. The number of guanidine groups is 1. The van der Waals surface area contributed by atoms with Gasteiger partial charge in [0, 0.05) is 32.7 Å². The number of hydrogen-bond acceptors (Lipinski definition) is 4. The summed E-state index contributed by atoms with van der Waals surface area (Å²) >= 11 is 0. The van der Waals surface area contributed by atoms with E-state index >= 15 is 0 Å². The summed E-state index contributed by atoms with van der Waals surface area (Å²) in [5.41, 5.74) is 0.906. The van der Waals surface area contributed by atoms with E-state index in [-0.39, 0.29) is 24.0 Å². The minimum atomic E-state index is 0. The van der Waals surface area contributed by atoms with Gasteiger partial charge in [-0.3, -0.25) is 4.99 Å². The molecule has 1 N–H and O–H groups in total. The number of nitrogens with one attached hydrogen (secondary N) is 1. The maximum absolute atomic E-state index is 4.85. The molecule has 2 aliphatic heterocycles. The van der Waals surface area contributed by atoms with Crippen LogP contribution in [0, 0.1) is 5.92 Å². The standard InChI is InChI=1S/C15H25N5O.HI/c1-16-15(17-10-14-5-9-21-18-14)20-8-4-13(12-20)11-19-6-2-3-7-19;/h5,9,13H,2-4,6-8,10-12H2,1H3,(H,16,17);1H. The van der Waals surface area contributed by atoms with Crippen molar-refractivity contribution in [3.05, 3.63) is 18.0 Å². The van der Waals surface area contributed by atoms with E-state index in [1.165, 1.54) is 38.9 Å². The number of rotatable bonds is 4. The predicted molar refractivity (Wildman–Crippen MR) is 97.5 cm³/mol. The van der Waals surface area contributed by atoms with Crippen LogP contribution in [0.15, 0.2) is 21.8 Å². The fourth-order valence-corrected chi connectivity index (χ4v) is 3.34. The van der Waals surface area contributed by atoms with Gasteiger partial charge in [-0.25, -0.2) is 0 Å². The second-order valence-electron chi connectivity index (χ2n) is 6.00. The molecule has 1 unspecified atom stereocenters. The van der Waals surface area contributed by atoms with Gasteiger partial charge in [-0.05, 0) is 38.3 Å². The Kier molecular flexibility index (Phi) is 6.94. The first-order valence-corrected chi connectivity index (χ1v) is 7.92. The Labute approximate surface area is 149 Å². The Morgan fingerprint density at radius 2 is 2.23 bits per heavy atom. The summed E-state index contributed by atoms with van der Waals surface area (Å²) in [5.74, 6) is 1.75. The van der Waals surface area contributed by atoms with Crippen molar-refractivity contribution < 1.29 is 4.52 Å². The van der Waals surface area contributed by atoms with E-state index in [4.69, 9.17) is 4.52 Å². The molecule has 0 amide bonds. The monoisotopic (exact) mass is 419 g/mol. The van der Waals surface area contributed by atoms with Crippen LogP contribution in [0.1, 0.15) is 25.0 Å². The lowest BCUT2D eigenvalue weighted by molar-refractivity contribution is 0.281. The van der Waals surface area contributed by atoms with Gasteiger partial charge in [-0.1, -0.05) is 5.16 Å². The topological polar surface area (TPSA) is 56.9 Å². The number of aromatic nitrogens is 1. The van der Waals surface area contributed by atoms with Crippen LogP contribution in [0.5, 0.6) is 0 Å². The van der Waals surface area contributed by atoms with Gasteiger partial charge in [0.15, 0.2) is 5.96 Å². The van der Waals surface area contributed by atoms with Crippen LogP contribution in [0.4, 0.5) is 0 Å². The summed E-state index contributed by atoms with van der Waals surface area (Å²) in [5, 5.41) is 7.28. The minimum Gasteiger partial charge on any atom is -0.364 e. The number of nitrogens with zero attached hydrogens (tertiary/aromatic N) is 4. The molecule has 0 aromatic carbocycles. The molecule has 0 aliphatic carbocycles. The molecule has 1 atom stereocenters. The Bertz CT molecular complexity index is 459. The summed E-state index contributed by atoms with van der Waals surface area (Å²) in [6.45, 7) is 6.69.